The highest BCUT2D eigenvalue weighted by Gasteiger charge is 2.25. The maximum absolute atomic E-state index is 13.3. The number of nitrogens with one attached hydrogen (secondary N) is 1. The number of aryl methyl sites for hydroxylation is 1. The number of hydrogen-bond acceptors (Lipinski definition) is 6. The van der Waals surface area contributed by atoms with Crippen LogP contribution in [-0.4, -0.2) is 52.3 Å². The quantitative estimate of drug-likeness (QED) is 0.705. The Kier molecular flexibility index (Phi) is 5.55. The van der Waals surface area contributed by atoms with Crippen molar-refractivity contribution in [1.29, 1.82) is 0 Å². The highest BCUT2D eigenvalue weighted by molar-refractivity contribution is 5.89. The predicted molar refractivity (Wildman–Crippen MR) is 106 cm³/mol. The Morgan fingerprint density at radius 2 is 1.87 bits per heavy atom. The molecule has 4 rings (SSSR count). The average Bonchev–Trinajstić information content (AvgIpc) is 3.22. The minimum absolute atomic E-state index is 0.0788. The second-order valence-corrected chi connectivity index (χ2v) is 6.79. The monoisotopic (exact) mass is 414 g/mol. The second-order valence-electron chi connectivity index (χ2n) is 6.79. The molecule has 1 aliphatic heterocycles. The number of anilines is 2. The van der Waals surface area contributed by atoms with E-state index in [9.17, 15) is 13.6 Å². The highest BCUT2D eigenvalue weighted by Crippen LogP contribution is 2.28. The molecule has 1 N–H and O–H groups in total. The smallest absolute Gasteiger partial charge is 0.321 e. The minimum atomic E-state index is -0.745. The van der Waals surface area contributed by atoms with Crippen LogP contribution in [0.1, 0.15) is 12.8 Å². The van der Waals surface area contributed by atoms with Crippen LogP contribution in [0.4, 0.5) is 25.1 Å². The van der Waals surface area contributed by atoms with Gasteiger partial charge in [0.2, 0.25) is 5.89 Å². The number of carbonyl (C=O) groups is 1. The molecule has 8 nitrogen and oxygen atoms in total. The molecule has 0 radical (unpaired) electrons. The molecular weight excluding hydrogens is 394 g/mol. The van der Waals surface area contributed by atoms with Crippen LogP contribution in [0.3, 0.4) is 0 Å². The Labute approximate surface area is 171 Å². The number of piperazine rings is 1. The molecule has 10 heteroatoms. The summed E-state index contributed by atoms with van der Waals surface area (Å²) in [6.45, 7) is 3.84. The second kappa shape index (κ2) is 8.44. The maximum atomic E-state index is 13.3. The van der Waals surface area contributed by atoms with Crippen molar-refractivity contribution < 1.29 is 18.0 Å². The lowest BCUT2D eigenvalue weighted by Gasteiger charge is -2.35. The van der Waals surface area contributed by atoms with Gasteiger partial charge in [-0.3, -0.25) is 0 Å². The third-order valence-electron chi connectivity index (χ3n) is 4.77. The zero-order chi connectivity index (χ0) is 21.1. The Bertz CT molecular complexity index is 1030. The Morgan fingerprint density at radius 1 is 1.13 bits per heavy atom. The topological polar surface area (TPSA) is 87.4 Å². The van der Waals surface area contributed by atoms with Gasteiger partial charge in [-0.25, -0.2) is 18.6 Å². The minimum Gasteiger partial charge on any atom is -0.421 e. The fraction of sp³-hybridized carbons (Fsp3) is 0.300. The van der Waals surface area contributed by atoms with E-state index in [0.29, 0.717) is 50.2 Å². The normalized spacial score (nSPS) is 14.1. The summed E-state index contributed by atoms with van der Waals surface area (Å²) >= 11 is 0. The number of rotatable bonds is 4. The van der Waals surface area contributed by atoms with E-state index in [1.807, 2.05) is 17.9 Å². The number of halogens is 2. The van der Waals surface area contributed by atoms with E-state index in [1.54, 1.807) is 17.2 Å². The molecule has 1 saturated heterocycles. The molecule has 2 aromatic heterocycles. The Hall–Kier alpha value is -3.56. The van der Waals surface area contributed by atoms with Crippen LogP contribution in [0.2, 0.25) is 0 Å². The standard InChI is InChI=1S/C20H20F2N6O2/c1-2-17-25-26-19(30-17)16-4-3-5-23-18(16)27-6-8-28(9-7-27)20(29)24-15-11-13(21)10-14(22)12-15/h3-5,10-12H,2,6-9H2,1H3,(H,24,29). The van der Waals surface area contributed by atoms with Gasteiger partial charge >= 0.3 is 6.03 Å². The summed E-state index contributed by atoms with van der Waals surface area (Å²) in [5, 5.41) is 10.6. The summed E-state index contributed by atoms with van der Waals surface area (Å²) in [7, 11) is 0. The molecule has 3 aromatic rings. The van der Waals surface area contributed by atoms with Gasteiger partial charge in [0.15, 0.2) is 0 Å². The van der Waals surface area contributed by atoms with Crippen molar-refractivity contribution in [2.75, 3.05) is 36.4 Å². The van der Waals surface area contributed by atoms with Gasteiger partial charge in [-0.05, 0) is 24.3 Å². The van der Waals surface area contributed by atoms with E-state index < -0.39 is 17.7 Å². The zero-order valence-corrected chi connectivity index (χ0v) is 16.3. The van der Waals surface area contributed by atoms with Crippen molar-refractivity contribution in [3.63, 3.8) is 0 Å². The molecule has 0 bridgehead atoms. The first-order valence-corrected chi connectivity index (χ1v) is 9.58. The molecule has 0 saturated carbocycles. The summed E-state index contributed by atoms with van der Waals surface area (Å²) < 4.78 is 32.3. The fourth-order valence-electron chi connectivity index (χ4n) is 3.27. The van der Waals surface area contributed by atoms with Crippen molar-refractivity contribution in [3.05, 3.63) is 54.1 Å². The molecule has 156 valence electrons. The average molecular weight is 414 g/mol. The third-order valence-corrected chi connectivity index (χ3v) is 4.77. The molecule has 0 spiro atoms. The molecule has 1 aromatic carbocycles. The number of carbonyl (C=O) groups excluding carboxylic acids is 1. The van der Waals surface area contributed by atoms with Crippen LogP contribution in [-0.2, 0) is 6.42 Å². The lowest BCUT2D eigenvalue weighted by atomic mass is 10.2. The SMILES string of the molecule is CCc1nnc(-c2cccnc2N2CCN(C(=O)Nc3cc(F)cc(F)c3)CC2)o1. The van der Waals surface area contributed by atoms with E-state index in [-0.39, 0.29) is 5.69 Å². The molecule has 0 aliphatic carbocycles. The van der Waals surface area contributed by atoms with Gasteiger partial charge < -0.3 is 19.5 Å². The Morgan fingerprint density at radius 3 is 2.53 bits per heavy atom. The molecular formula is C20H20F2N6O2. The largest absolute Gasteiger partial charge is 0.421 e. The first-order chi connectivity index (χ1) is 14.5. The van der Waals surface area contributed by atoms with E-state index >= 15 is 0 Å². The molecule has 0 unspecified atom stereocenters. The lowest BCUT2D eigenvalue weighted by molar-refractivity contribution is 0.208. The van der Waals surface area contributed by atoms with E-state index in [0.717, 1.165) is 23.8 Å². The van der Waals surface area contributed by atoms with Crippen LogP contribution in [0.5, 0.6) is 0 Å². The Balaban J connectivity index is 1.43. The number of hydrogen-bond donors (Lipinski definition) is 1. The van der Waals surface area contributed by atoms with Gasteiger partial charge in [0.25, 0.3) is 5.89 Å². The van der Waals surface area contributed by atoms with Crippen LogP contribution < -0.4 is 10.2 Å². The predicted octanol–water partition coefficient (Wildman–Crippen LogP) is 3.33. The summed E-state index contributed by atoms with van der Waals surface area (Å²) in [5.74, 6) is 0.171. The van der Waals surface area contributed by atoms with Gasteiger partial charge in [0.1, 0.15) is 17.5 Å². The van der Waals surface area contributed by atoms with Crippen molar-refractivity contribution >= 4 is 17.5 Å². The first-order valence-electron chi connectivity index (χ1n) is 9.58. The highest BCUT2D eigenvalue weighted by atomic mass is 19.1. The fourth-order valence-corrected chi connectivity index (χ4v) is 3.27. The van der Waals surface area contributed by atoms with Gasteiger partial charge in [0.05, 0.1) is 5.56 Å². The number of pyridine rings is 1. The van der Waals surface area contributed by atoms with Gasteiger partial charge in [-0.15, -0.1) is 10.2 Å². The summed E-state index contributed by atoms with van der Waals surface area (Å²) in [6.07, 6.45) is 2.33. The van der Waals surface area contributed by atoms with Gasteiger partial charge in [-0.2, -0.15) is 0 Å². The molecule has 0 atom stereocenters. The summed E-state index contributed by atoms with van der Waals surface area (Å²) in [5.41, 5.74) is 0.813. The van der Waals surface area contributed by atoms with Crippen molar-refractivity contribution in [2.24, 2.45) is 0 Å². The lowest BCUT2D eigenvalue weighted by Crippen LogP contribution is -2.50. The van der Waals surface area contributed by atoms with Crippen LogP contribution in [0.15, 0.2) is 40.9 Å². The number of nitrogens with zero attached hydrogens (tertiary/aromatic N) is 5. The maximum Gasteiger partial charge on any atom is 0.321 e. The zero-order valence-electron chi connectivity index (χ0n) is 16.3. The van der Waals surface area contributed by atoms with E-state index in [4.69, 9.17) is 4.42 Å². The van der Waals surface area contributed by atoms with Crippen LogP contribution in [0, 0.1) is 11.6 Å². The third kappa shape index (κ3) is 4.22. The first kappa shape index (κ1) is 19.7. The molecule has 2 amide bonds. The number of urea groups is 1. The molecule has 1 aliphatic rings. The number of benzene rings is 1. The summed E-state index contributed by atoms with van der Waals surface area (Å²) in [6, 6.07) is 6.17. The van der Waals surface area contributed by atoms with Gasteiger partial charge in [0, 0.05) is 50.6 Å². The van der Waals surface area contributed by atoms with Crippen molar-refractivity contribution in [3.8, 4) is 11.5 Å². The summed E-state index contributed by atoms with van der Waals surface area (Å²) in [4.78, 5) is 20.6. The van der Waals surface area contributed by atoms with Crippen LogP contribution >= 0.6 is 0 Å². The van der Waals surface area contributed by atoms with Crippen LogP contribution in [0.25, 0.3) is 11.5 Å². The van der Waals surface area contributed by atoms with Crippen molar-refractivity contribution in [1.82, 2.24) is 20.1 Å². The molecule has 1 fully saturated rings. The van der Waals surface area contributed by atoms with E-state index in [1.165, 1.54) is 0 Å². The van der Waals surface area contributed by atoms with E-state index in [2.05, 4.69) is 20.5 Å². The molecule has 30 heavy (non-hydrogen) atoms. The molecule has 3 heterocycles. The van der Waals surface area contributed by atoms with Crippen molar-refractivity contribution in [2.45, 2.75) is 13.3 Å². The number of amides is 2. The number of aromatic nitrogens is 3. The van der Waals surface area contributed by atoms with Gasteiger partial charge in [-0.1, -0.05) is 6.92 Å².